The fraction of sp³-hybridized carbons (Fsp3) is 0.111. The normalized spacial score (nSPS) is 12.9. The van der Waals surface area contributed by atoms with Gasteiger partial charge in [0.05, 0.1) is 12.6 Å². The number of anilines is 1. The van der Waals surface area contributed by atoms with Crippen molar-refractivity contribution in [3.63, 3.8) is 0 Å². The highest BCUT2D eigenvalue weighted by atomic mass is 16.5. The van der Waals surface area contributed by atoms with Crippen molar-refractivity contribution in [2.75, 3.05) is 12.5 Å². The number of pyridine rings is 1. The zero-order chi connectivity index (χ0) is 15.8. The average molecular weight is 304 g/mol. The summed E-state index contributed by atoms with van der Waals surface area (Å²) in [7, 11) is 1.66. The highest BCUT2D eigenvalue weighted by Crippen LogP contribution is 2.34. The molecule has 0 saturated carbocycles. The Hall–Kier alpha value is -3.08. The number of para-hydroxylation sites is 1. The summed E-state index contributed by atoms with van der Waals surface area (Å²) in [4.78, 5) is 9.39. The summed E-state index contributed by atoms with van der Waals surface area (Å²) in [5.41, 5.74) is 10.2. The number of nitrogens with one attached hydrogen (secondary N) is 2. The van der Waals surface area contributed by atoms with Crippen LogP contribution in [-0.4, -0.2) is 17.9 Å². The molecule has 114 valence electrons. The van der Waals surface area contributed by atoms with Gasteiger partial charge in [-0.3, -0.25) is 10.9 Å². The Morgan fingerprint density at radius 3 is 2.52 bits per heavy atom. The number of ether oxygens (including phenoxy) is 1. The van der Waals surface area contributed by atoms with Crippen LogP contribution in [0.15, 0.2) is 53.5 Å². The van der Waals surface area contributed by atoms with Crippen molar-refractivity contribution in [2.45, 2.75) is 6.92 Å². The molecule has 2 aromatic carbocycles. The van der Waals surface area contributed by atoms with Crippen LogP contribution in [0, 0.1) is 6.92 Å². The Balaban J connectivity index is 1.83. The van der Waals surface area contributed by atoms with Gasteiger partial charge in [-0.2, -0.15) is 0 Å². The first-order valence-corrected chi connectivity index (χ1v) is 7.41. The number of nitrogens with zero attached hydrogens (tertiary/aromatic N) is 2. The Kier molecular flexibility index (Phi) is 3.12. The second-order valence-electron chi connectivity index (χ2n) is 5.39. The molecule has 4 rings (SSSR count). The van der Waals surface area contributed by atoms with Crippen LogP contribution in [0.3, 0.4) is 0 Å². The van der Waals surface area contributed by atoms with Crippen molar-refractivity contribution < 1.29 is 4.74 Å². The van der Waals surface area contributed by atoms with Crippen LogP contribution in [0.5, 0.6) is 5.75 Å². The molecule has 0 spiro atoms. The Labute approximate surface area is 134 Å². The molecule has 0 amide bonds. The number of hydrogen-bond acceptors (Lipinski definition) is 5. The van der Waals surface area contributed by atoms with Crippen LogP contribution >= 0.6 is 0 Å². The fourth-order valence-corrected chi connectivity index (χ4v) is 2.73. The van der Waals surface area contributed by atoms with Crippen molar-refractivity contribution in [3.05, 3.63) is 59.7 Å². The third-order valence-electron chi connectivity index (χ3n) is 4.01. The second kappa shape index (κ2) is 5.28. The van der Waals surface area contributed by atoms with E-state index in [1.165, 1.54) is 0 Å². The van der Waals surface area contributed by atoms with E-state index in [1.54, 1.807) is 7.11 Å². The summed E-state index contributed by atoms with van der Waals surface area (Å²) in [6.45, 7) is 2.07. The molecule has 0 atom stereocenters. The molecule has 0 aliphatic carbocycles. The van der Waals surface area contributed by atoms with Gasteiger partial charge in [-0.05, 0) is 42.8 Å². The SMILES string of the molecule is COc1ccc(C2=Nc3c(nc4ccccc4c3C)NN2)cc1. The lowest BCUT2D eigenvalue weighted by Gasteiger charge is -2.21. The topological polar surface area (TPSA) is 58.5 Å². The highest BCUT2D eigenvalue weighted by Gasteiger charge is 2.17. The van der Waals surface area contributed by atoms with E-state index in [1.807, 2.05) is 42.5 Å². The standard InChI is InChI=1S/C18H16N4O/c1-11-14-5-3-4-6-15(14)19-18-16(11)20-17(21-22-18)12-7-9-13(23-2)10-8-12/h3-10H,1-2H3,(H,19,22)(H,20,21). The highest BCUT2D eigenvalue weighted by molar-refractivity contribution is 6.05. The lowest BCUT2D eigenvalue weighted by molar-refractivity contribution is 0.415. The summed E-state index contributed by atoms with van der Waals surface area (Å²) < 4.78 is 5.19. The van der Waals surface area contributed by atoms with E-state index < -0.39 is 0 Å². The molecule has 3 aromatic rings. The van der Waals surface area contributed by atoms with E-state index in [-0.39, 0.29) is 0 Å². The van der Waals surface area contributed by atoms with E-state index >= 15 is 0 Å². The number of methoxy groups -OCH3 is 1. The minimum atomic E-state index is 0.749. The number of benzene rings is 2. The number of fused-ring (bicyclic) bond motifs is 2. The molecule has 1 aliphatic heterocycles. The summed E-state index contributed by atoms with van der Waals surface area (Å²) in [6.07, 6.45) is 0. The first-order chi connectivity index (χ1) is 11.3. The van der Waals surface area contributed by atoms with Gasteiger partial charge in [0.2, 0.25) is 0 Å². The van der Waals surface area contributed by atoms with E-state index in [4.69, 9.17) is 9.73 Å². The Morgan fingerprint density at radius 2 is 1.74 bits per heavy atom. The van der Waals surface area contributed by atoms with Crippen LogP contribution in [0.1, 0.15) is 11.1 Å². The molecule has 0 radical (unpaired) electrons. The molecule has 0 fully saturated rings. The first-order valence-electron chi connectivity index (χ1n) is 7.41. The molecule has 2 N–H and O–H groups in total. The Bertz CT molecular complexity index is 916. The lowest BCUT2D eigenvalue weighted by atomic mass is 10.1. The van der Waals surface area contributed by atoms with Crippen molar-refractivity contribution in [1.29, 1.82) is 0 Å². The number of rotatable bonds is 2. The van der Waals surface area contributed by atoms with Gasteiger partial charge >= 0.3 is 0 Å². The molecule has 0 saturated heterocycles. The van der Waals surface area contributed by atoms with E-state index in [0.717, 1.165) is 45.1 Å². The van der Waals surface area contributed by atoms with Crippen LogP contribution in [-0.2, 0) is 0 Å². The second-order valence-corrected chi connectivity index (χ2v) is 5.39. The largest absolute Gasteiger partial charge is 0.497 e. The van der Waals surface area contributed by atoms with Gasteiger partial charge in [0.1, 0.15) is 11.4 Å². The predicted octanol–water partition coefficient (Wildman–Crippen LogP) is 3.56. The monoisotopic (exact) mass is 304 g/mol. The number of aliphatic imine (C=N–C) groups is 1. The maximum atomic E-state index is 5.19. The molecular weight excluding hydrogens is 288 g/mol. The molecule has 5 nitrogen and oxygen atoms in total. The summed E-state index contributed by atoms with van der Waals surface area (Å²) >= 11 is 0. The number of hydrazine groups is 1. The summed E-state index contributed by atoms with van der Waals surface area (Å²) in [6, 6.07) is 15.9. The van der Waals surface area contributed by atoms with Crippen molar-refractivity contribution in [3.8, 4) is 5.75 Å². The molecule has 5 heteroatoms. The van der Waals surface area contributed by atoms with Gasteiger partial charge < -0.3 is 4.74 Å². The summed E-state index contributed by atoms with van der Waals surface area (Å²) in [5, 5.41) is 1.12. The van der Waals surface area contributed by atoms with Crippen LogP contribution in [0.2, 0.25) is 0 Å². The van der Waals surface area contributed by atoms with Gasteiger partial charge in [0, 0.05) is 10.9 Å². The molecule has 23 heavy (non-hydrogen) atoms. The van der Waals surface area contributed by atoms with Crippen molar-refractivity contribution >= 4 is 28.2 Å². The van der Waals surface area contributed by atoms with E-state index in [2.05, 4.69) is 28.8 Å². The quantitative estimate of drug-likeness (QED) is 0.760. The number of hydrogen-bond donors (Lipinski definition) is 2. The molecule has 1 aromatic heterocycles. The predicted molar refractivity (Wildman–Crippen MR) is 92.4 cm³/mol. The Morgan fingerprint density at radius 1 is 0.957 bits per heavy atom. The van der Waals surface area contributed by atoms with Crippen molar-refractivity contribution in [2.24, 2.45) is 4.99 Å². The number of aryl methyl sites for hydroxylation is 1. The van der Waals surface area contributed by atoms with Gasteiger partial charge in [-0.1, -0.05) is 18.2 Å². The maximum Gasteiger partial charge on any atom is 0.171 e. The van der Waals surface area contributed by atoms with Crippen LogP contribution in [0.4, 0.5) is 11.5 Å². The lowest BCUT2D eigenvalue weighted by Crippen LogP contribution is -2.33. The van der Waals surface area contributed by atoms with Gasteiger partial charge in [-0.15, -0.1) is 0 Å². The van der Waals surface area contributed by atoms with E-state index in [9.17, 15) is 0 Å². The maximum absolute atomic E-state index is 5.19. The molecule has 0 bridgehead atoms. The molecule has 0 unspecified atom stereocenters. The molecule has 2 heterocycles. The first kappa shape index (κ1) is 13.6. The molecular formula is C18H16N4O. The van der Waals surface area contributed by atoms with Gasteiger partial charge in [0.25, 0.3) is 0 Å². The minimum absolute atomic E-state index is 0.749. The number of aromatic nitrogens is 1. The van der Waals surface area contributed by atoms with Crippen LogP contribution < -0.4 is 15.6 Å². The molecule has 1 aliphatic rings. The van der Waals surface area contributed by atoms with Crippen LogP contribution in [0.25, 0.3) is 10.9 Å². The number of amidine groups is 1. The third-order valence-corrected chi connectivity index (χ3v) is 4.01. The smallest absolute Gasteiger partial charge is 0.171 e. The summed E-state index contributed by atoms with van der Waals surface area (Å²) in [5.74, 6) is 2.33. The van der Waals surface area contributed by atoms with Gasteiger partial charge in [-0.25, -0.2) is 9.98 Å². The minimum Gasteiger partial charge on any atom is -0.497 e. The zero-order valence-corrected chi connectivity index (χ0v) is 12.9. The average Bonchev–Trinajstić information content (AvgIpc) is 2.62. The third kappa shape index (κ3) is 2.26. The fourth-order valence-electron chi connectivity index (χ4n) is 2.73. The van der Waals surface area contributed by atoms with Gasteiger partial charge in [0.15, 0.2) is 11.7 Å². The van der Waals surface area contributed by atoms with E-state index in [0.29, 0.717) is 0 Å². The zero-order valence-electron chi connectivity index (χ0n) is 12.9. The van der Waals surface area contributed by atoms with Crippen molar-refractivity contribution in [1.82, 2.24) is 10.4 Å².